The Balaban J connectivity index is 1.77. The number of hydrogen-bond donors (Lipinski definition) is 2. The van der Waals surface area contributed by atoms with E-state index in [9.17, 15) is 19.7 Å². The van der Waals surface area contributed by atoms with Crippen molar-refractivity contribution in [3.8, 4) is 5.75 Å². The van der Waals surface area contributed by atoms with Gasteiger partial charge in [0, 0.05) is 29.4 Å². The van der Waals surface area contributed by atoms with Gasteiger partial charge in [0.05, 0.1) is 16.0 Å². The fourth-order valence-electron chi connectivity index (χ4n) is 2.38. The molecule has 0 bridgehead atoms. The number of ether oxygens (including phenoxy) is 1. The van der Waals surface area contributed by atoms with Crippen LogP contribution in [-0.2, 0) is 4.79 Å². The minimum atomic E-state index is -0.665. The highest BCUT2D eigenvalue weighted by atomic mass is 16.6. The Bertz CT molecular complexity index is 890. The minimum Gasteiger partial charge on any atom is -0.490 e. The van der Waals surface area contributed by atoms with Crippen LogP contribution in [0.1, 0.15) is 24.2 Å². The molecule has 0 saturated heterocycles. The number of nitro groups is 1. The molecule has 2 amide bonds. The molecule has 0 atom stereocenters. The van der Waals surface area contributed by atoms with Crippen molar-refractivity contribution in [1.82, 2.24) is 0 Å². The summed E-state index contributed by atoms with van der Waals surface area (Å²) in [6.07, 6.45) is 0. The van der Waals surface area contributed by atoms with Crippen molar-refractivity contribution in [2.24, 2.45) is 5.41 Å². The number of benzene rings is 2. The molecule has 0 unspecified atom stereocenters. The molecule has 2 N–H and O–H groups in total. The molecule has 2 aromatic rings. The number of nitrogens with one attached hydrogen (secondary N) is 2. The van der Waals surface area contributed by atoms with Gasteiger partial charge in [-0.25, -0.2) is 0 Å². The number of nitro benzene ring substituents is 1. The summed E-state index contributed by atoms with van der Waals surface area (Å²) in [6.45, 7) is 3.78. The second kappa shape index (κ2) is 6.47. The second-order valence-electron chi connectivity index (χ2n) is 6.60. The number of amides is 2. The van der Waals surface area contributed by atoms with Crippen molar-refractivity contribution in [3.63, 3.8) is 0 Å². The summed E-state index contributed by atoms with van der Waals surface area (Å²) in [5.74, 6) is -0.0813. The molecule has 0 spiro atoms. The van der Waals surface area contributed by atoms with Gasteiger partial charge in [-0.15, -0.1) is 0 Å². The lowest BCUT2D eigenvalue weighted by atomic mass is 9.94. The molecule has 8 heteroatoms. The summed E-state index contributed by atoms with van der Waals surface area (Å²) < 4.78 is 5.69. The third kappa shape index (κ3) is 3.49. The third-order valence-corrected chi connectivity index (χ3v) is 4.03. The summed E-state index contributed by atoms with van der Waals surface area (Å²) in [5.41, 5.74) is 0.565. The number of fused-ring (bicyclic) bond motifs is 1. The smallest absolute Gasteiger partial charge is 0.269 e. The molecule has 0 radical (unpaired) electrons. The van der Waals surface area contributed by atoms with E-state index in [0.717, 1.165) is 0 Å². The van der Waals surface area contributed by atoms with E-state index in [1.54, 1.807) is 32.0 Å². The first-order valence-corrected chi connectivity index (χ1v) is 7.90. The van der Waals surface area contributed by atoms with Gasteiger partial charge in [-0.2, -0.15) is 0 Å². The predicted molar refractivity (Wildman–Crippen MR) is 95.4 cm³/mol. The molecule has 0 saturated carbocycles. The summed E-state index contributed by atoms with van der Waals surface area (Å²) in [6, 6.07) is 10.2. The van der Waals surface area contributed by atoms with Crippen LogP contribution in [0.2, 0.25) is 0 Å². The van der Waals surface area contributed by atoms with Crippen molar-refractivity contribution < 1.29 is 19.2 Å². The van der Waals surface area contributed by atoms with Crippen molar-refractivity contribution in [2.75, 3.05) is 17.2 Å². The summed E-state index contributed by atoms with van der Waals surface area (Å²) in [4.78, 5) is 34.5. The maximum Gasteiger partial charge on any atom is 0.269 e. The number of anilines is 2. The molecule has 3 rings (SSSR count). The molecule has 1 aliphatic heterocycles. The number of carbonyl (C=O) groups is 2. The Labute approximate surface area is 149 Å². The molecule has 8 nitrogen and oxygen atoms in total. The van der Waals surface area contributed by atoms with E-state index in [-0.39, 0.29) is 18.2 Å². The molecule has 0 aromatic heterocycles. The highest BCUT2D eigenvalue weighted by Crippen LogP contribution is 2.34. The van der Waals surface area contributed by atoms with Crippen molar-refractivity contribution in [2.45, 2.75) is 13.8 Å². The van der Waals surface area contributed by atoms with Crippen LogP contribution < -0.4 is 15.4 Å². The van der Waals surface area contributed by atoms with Crippen LogP contribution in [0.5, 0.6) is 5.75 Å². The van der Waals surface area contributed by atoms with Crippen LogP contribution in [0, 0.1) is 15.5 Å². The van der Waals surface area contributed by atoms with E-state index in [1.807, 2.05) is 0 Å². The molecule has 0 fully saturated rings. The molecule has 0 aliphatic carbocycles. The third-order valence-electron chi connectivity index (χ3n) is 4.03. The Morgan fingerprint density at radius 2 is 1.92 bits per heavy atom. The average Bonchev–Trinajstić information content (AvgIpc) is 2.72. The highest BCUT2D eigenvalue weighted by molar-refractivity contribution is 6.05. The monoisotopic (exact) mass is 355 g/mol. The Morgan fingerprint density at radius 3 is 2.58 bits per heavy atom. The summed E-state index contributed by atoms with van der Waals surface area (Å²) in [5, 5.41) is 16.2. The second-order valence-corrected chi connectivity index (χ2v) is 6.60. The van der Waals surface area contributed by atoms with Crippen LogP contribution in [0.3, 0.4) is 0 Å². The lowest BCUT2D eigenvalue weighted by Gasteiger charge is -2.18. The van der Waals surface area contributed by atoms with Gasteiger partial charge in [0.15, 0.2) is 0 Å². The highest BCUT2D eigenvalue weighted by Gasteiger charge is 2.32. The maximum absolute atomic E-state index is 12.3. The van der Waals surface area contributed by atoms with E-state index in [2.05, 4.69) is 10.6 Å². The van der Waals surface area contributed by atoms with Gasteiger partial charge in [0.1, 0.15) is 12.4 Å². The van der Waals surface area contributed by atoms with Crippen LogP contribution in [0.25, 0.3) is 0 Å². The van der Waals surface area contributed by atoms with Gasteiger partial charge < -0.3 is 15.4 Å². The molecule has 1 aliphatic rings. The van der Waals surface area contributed by atoms with Crippen LogP contribution in [0.4, 0.5) is 17.1 Å². The SMILES string of the molecule is CC1(C)COc2cc(NC(=O)c3ccc([N+](=O)[O-])cc3)ccc2NC1=O. The average molecular weight is 355 g/mol. The van der Waals surface area contributed by atoms with E-state index < -0.39 is 16.2 Å². The molecular formula is C18H17N3O5. The quantitative estimate of drug-likeness (QED) is 0.649. The van der Waals surface area contributed by atoms with Gasteiger partial charge in [-0.05, 0) is 38.1 Å². The number of non-ortho nitro benzene ring substituents is 1. The lowest BCUT2D eigenvalue weighted by Crippen LogP contribution is -2.33. The van der Waals surface area contributed by atoms with Gasteiger partial charge in [-0.1, -0.05) is 0 Å². The topological polar surface area (TPSA) is 111 Å². The van der Waals surface area contributed by atoms with Crippen LogP contribution in [0.15, 0.2) is 42.5 Å². The lowest BCUT2D eigenvalue weighted by molar-refractivity contribution is -0.384. The first kappa shape index (κ1) is 17.4. The fraction of sp³-hybridized carbons (Fsp3) is 0.222. The fourth-order valence-corrected chi connectivity index (χ4v) is 2.38. The minimum absolute atomic E-state index is 0.0849. The number of nitrogens with zero attached hydrogens (tertiary/aromatic N) is 1. The normalized spacial score (nSPS) is 15.1. The van der Waals surface area contributed by atoms with Crippen LogP contribution in [-0.4, -0.2) is 23.3 Å². The standard InChI is InChI=1S/C18H17N3O5/c1-18(2)10-26-15-9-12(5-8-14(15)20-17(18)23)19-16(22)11-3-6-13(7-4-11)21(24)25/h3-9H,10H2,1-2H3,(H,19,22)(H,20,23). The van der Waals surface area contributed by atoms with E-state index in [0.29, 0.717) is 22.7 Å². The molecule has 1 heterocycles. The number of carbonyl (C=O) groups excluding carboxylic acids is 2. The van der Waals surface area contributed by atoms with E-state index >= 15 is 0 Å². The zero-order valence-electron chi connectivity index (χ0n) is 14.2. The van der Waals surface area contributed by atoms with Gasteiger partial charge in [-0.3, -0.25) is 19.7 Å². The van der Waals surface area contributed by atoms with Crippen molar-refractivity contribution in [3.05, 3.63) is 58.1 Å². The van der Waals surface area contributed by atoms with Gasteiger partial charge in [0.2, 0.25) is 5.91 Å². The van der Waals surface area contributed by atoms with Gasteiger partial charge in [0.25, 0.3) is 11.6 Å². The van der Waals surface area contributed by atoms with Crippen LogP contribution >= 0.6 is 0 Å². The van der Waals surface area contributed by atoms with Gasteiger partial charge >= 0.3 is 0 Å². The Hall–Kier alpha value is -3.42. The van der Waals surface area contributed by atoms with E-state index in [1.165, 1.54) is 24.3 Å². The van der Waals surface area contributed by atoms with Crippen molar-refractivity contribution in [1.29, 1.82) is 0 Å². The van der Waals surface area contributed by atoms with E-state index in [4.69, 9.17) is 4.74 Å². The zero-order valence-corrected chi connectivity index (χ0v) is 14.2. The summed E-state index contributed by atoms with van der Waals surface area (Å²) in [7, 11) is 0. The molecular weight excluding hydrogens is 338 g/mol. The number of hydrogen-bond acceptors (Lipinski definition) is 5. The molecule has 134 valence electrons. The Morgan fingerprint density at radius 1 is 1.23 bits per heavy atom. The largest absolute Gasteiger partial charge is 0.490 e. The zero-order chi connectivity index (χ0) is 18.9. The molecule has 26 heavy (non-hydrogen) atoms. The maximum atomic E-state index is 12.3. The predicted octanol–water partition coefficient (Wildman–Crippen LogP) is 3.20. The first-order chi connectivity index (χ1) is 12.3. The Kier molecular flexibility index (Phi) is 4.33. The number of rotatable bonds is 3. The molecule has 2 aromatic carbocycles. The summed E-state index contributed by atoms with van der Waals surface area (Å²) >= 11 is 0. The first-order valence-electron chi connectivity index (χ1n) is 7.90. The van der Waals surface area contributed by atoms with Crippen molar-refractivity contribution >= 4 is 28.9 Å².